The minimum absolute atomic E-state index is 0.344. The number of aromatic nitrogens is 3. The summed E-state index contributed by atoms with van der Waals surface area (Å²) in [5.74, 6) is 2.56. The van der Waals surface area contributed by atoms with Crippen LogP contribution in [0.25, 0.3) is 11.2 Å². The maximum absolute atomic E-state index is 5.96. The molecule has 0 aliphatic heterocycles. The monoisotopic (exact) mass is 303 g/mol. The molecule has 2 aromatic rings. The molecule has 0 saturated heterocycles. The number of pyridine rings is 1. The average molecular weight is 304 g/mol. The van der Waals surface area contributed by atoms with E-state index in [0.717, 1.165) is 29.2 Å². The fraction of sp³-hybridized carbons (Fsp3) is 0.500. The zero-order valence-electron chi connectivity index (χ0n) is 10.4. The van der Waals surface area contributed by atoms with Crippen LogP contribution in [-0.2, 0) is 6.42 Å². The lowest BCUT2D eigenvalue weighted by atomic mass is 10.3. The molecule has 0 aliphatic carbocycles. The van der Waals surface area contributed by atoms with Crippen molar-refractivity contribution >= 4 is 46.1 Å². The number of hydrogen-bond acceptors (Lipinski definition) is 3. The first-order chi connectivity index (χ1) is 8.67. The van der Waals surface area contributed by atoms with E-state index in [2.05, 4.69) is 27.7 Å². The first-order valence-corrected chi connectivity index (χ1v) is 8.05. The normalized spacial score (nSPS) is 13.1. The van der Waals surface area contributed by atoms with Crippen molar-refractivity contribution in [3.05, 3.63) is 23.1 Å². The summed E-state index contributed by atoms with van der Waals surface area (Å²) in [5.41, 5.74) is 1.73. The van der Waals surface area contributed by atoms with E-state index in [-0.39, 0.29) is 0 Å². The van der Waals surface area contributed by atoms with E-state index >= 15 is 0 Å². The molecule has 0 amide bonds. The highest BCUT2D eigenvalue weighted by molar-refractivity contribution is 7.98. The van der Waals surface area contributed by atoms with Gasteiger partial charge in [0.25, 0.3) is 0 Å². The van der Waals surface area contributed by atoms with Gasteiger partial charge in [0.1, 0.15) is 11.3 Å². The van der Waals surface area contributed by atoms with Crippen LogP contribution in [0.2, 0.25) is 5.02 Å². The third-order valence-corrected chi connectivity index (χ3v) is 3.95. The van der Waals surface area contributed by atoms with Crippen LogP contribution in [0.5, 0.6) is 0 Å². The highest BCUT2D eigenvalue weighted by Gasteiger charge is 2.16. The molecule has 6 heteroatoms. The van der Waals surface area contributed by atoms with Crippen molar-refractivity contribution < 1.29 is 0 Å². The van der Waals surface area contributed by atoms with Crippen LogP contribution in [-0.4, -0.2) is 32.4 Å². The number of alkyl halides is 1. The molecule has 2 aromatic heterocycles. The maximum atomic E-state index is 5.96. The second-order valence-corrected chi connectivity index (χ2v) is 5.86. The Kier molecular flexibility index (Phi) is 4.76. The van der Waals surface area contributed by atoms with Crippen LogP contribution in [0.1, 0.15) is 18.8 Å². The molecule has 0 aliphatic rings. The predicted octanol–water partition coefficient (Wildman–Crippen LogP) is 3.79. The van der Waals surface area contributed by atoms with Gasteiger partial charge in [-0.3, -0.25) is 0 Å². The van der Waals surface area contributed by atoms with Crippen molar-refractivity contribution in [2.45, 2.75) is 19.4 Å². The number of imidazole rings is 1. The number of thioether (sulfide) groups is 1. The van der Waals surface area contributed by atoms with Crippen molar-refractivity contribution in [1.82, 2.24) is 14.5 Å². The molecule has 0 fully saturated rings. The van der Waals surface area contributed by atoms with Crippen LogP contribution in [0.4, 0.5) is 0 Å². The second kappa shape index (κ2) is 6.13. The summed E-state index contributed by atoms with van der Waals surface area (Å²) in [6.45, 7) is 2.17. The Labute approximate surface area is 121 Å². The first-order valence-electron chi connectivity index (χ1n) is 5.74. The Morgan fingerprint density at radius 3 is 2.94 bits per heavy atom. The van der Waals surface area contributed by atoms with Gasteiger partial charge in [-0.05, 0) is 19.2 Å². The van der Waals surface area contributed by atoms with Crippen LogP contribution < -0.4 is 0 Å². The lowest BCUT2D eigenvalue weighted by Gasteiger charge is -2.15. The Morgan fingerprint density at radius 1 is 1.50 bits per heavy atom. The zero-order chi connectivity index (χ0) is 13.1. The molecular formula is C12H15Cl2N3S. The average Bonchev–Trinajstić information content (AvgIpc) is 2.67. The lowest BCUT2D eigenvalue weighted by Crippen LogP contribution is -2.12. The molecular weight excluding hydrogens is 289 g/mol. The molecule has 3 nitrogen and oxygen atoms in total. The summed E-state index contributed by atoms with van der Waals surface area (Å²) in [4.78, 5) is 8.99. The summed E-state index contributed by atoms with van der Waals surface area (Å²) in [6.07, 6.45) is 4.51. The van der Waals surface area contributed by atoms with E-state index in [4.69, 9.17) is 23.2 Å². The minimum Gasteiger partial charge on any atom is -0.309 e. The zero-order valence-corrected chi connectivity index (χ0v) is 12.7. The van der Waals surface area contributed by atoms with Crippen LogP contribution in [0.3, 0.4) is 0 Å². The number of nitrogens with zero attached hydrogens (tertiary/aromatic N) is 3. The van der Waals surface area contributed by atoms with Crippen molar-refractivity contribution in [3.63, 3.8) is 0 Å². The molecule has 0 aromatic carbocycles. The number of hydrogen-bond donors (Lipinski definition) is 0. The van der Waals surface area contributed by atoms with E-state index in [9.17, 15) is 0 Å². The van der Waals surface area contributed by atoms with Crippen molar-refractivity contribution in [2.75, 3.05) is 17.9 Å². The van der Waals surface area contributed by atoms with E-state index < -0.39 is 0 Å². The van der Waals surface area contributed by atoms with Gasteiger partial charge < -0.3 is 4.57 Å². The predicted molar refractivity (Wildman–Crippen MR) is 80.1 cm³/mol. The van der Waals surface area contributed by atoms with Crippen LogP contribution in [0.15, 0.2) is 12.3 Å². The summed E-state index contributed by atoms with van der Waals surface area (Å²) in [6, 6.07) is 2.20. The molecule has 2 heterocycles. The molecule has 0 spiro atoms. The Morgan fingerprint density at radius 2 is 2.28 bits per heavy atom. The van der Waals surface area contributed by atoms with Gasteiger partial charge in [-0.2, -0.15) is 11.8 Å². The molecule has 2 rings (SSSR count). The molecule has 98 valence electrons. The number of rotatable bonds is 5. The summed E-state index contributed by atoms with van der Waals surface area (Å²) in [7, 11) is 0. The fourth-order valence-electron chi connectivity index (χ4n) is 2.04. The SMILES string of the molecule is CSCC(C)n1c(CCCl)nc2cc(Cl)cnc21. The molecule has 0 saturated carbocycles. The van der Waals surface area contributed by atoms with E-state index in [0.29, 0.717) is 16.9 Å². The quantitative estimate of drug-likeness (QED) is 0.787. The third kappa shape index (κ3) is 2.76. The molecule has 0 radical (unpaired) electrons. The summed E-state index contributed by atoms with van der Waals surface area (Å²) in [5, 5.41) is 0.613. The van der Waals surface area contributed by atoms with E-state index in [1.807, 2.05) is 17.8 Å². The smallest absolute Gasteiger partial charge is 0.160 e. The van der Waals surface area contributed by atoms with E-state index in [1.54, 1.807) is 6.20 Å². The number of fused-ring (bicyclic) bond motifs is 1. The first kappa shape index (κ1) is 14.0. The van der Waals surface area contributed by atoms with Gasteiger partial charge in [0.05, 0.1) is 5.02 Å². The Bertz CT molecular complexity index is 541. The standard InChI is InChI=1S/C12H15Cl2N3S/c1-8(7-18-2)17-11(3-4-13)16-10-5-9(14)6-15-12(10)17/h5-6,8H,3-4,7H2,1-2H3. The van der Waals surface area contributed by atoms with Gasteiger partial charge in [-0.1, -0.05) is 11.6 Å². The maximum Gasteiger partial charge on any atom is 0.160 e. The van der Waals surface area contributed by atoms with Crippen molar-refractivity contribution in [2.24, 2.45) is 0 Å². The fourth-order valence-corrected chi connectivity index (χ4v) is 3.00. The molecule has 18 heavy (non-hydrogen) atoms. The number of halogens is 2. The summed E-state index contributed by atoms with van der Waals surface area (Å²) >= 11 is 13.6. The molecule has 0 N–H and O–H groups in total. The van der Waals surface area contributed by atoms with Gasteiger partial charge in [-0.25, -0.2) is 9.97 Å². The number of aryl methyl sites for hydroxylation is 1. The lowest BCUT2D eigenvalue weighted by molar-refractivity contribution is 0.593. The van der Waals surface area contributed by atoms with Gasteiger partial charge in [0.2, 0.25) is 0 Å². The van der Waals surface area contributed by atoms with E-state index in [1.165, 1.54) is 0 Å². The second-order valence-electron chi connectivity index (χ2n) is 4.14. The topological polar surface area (TPSA) is 30.7 Å². The highest BCUT2D eigenvalue weighted by Crippen LogP contribution is 2.24. The van der Waals surface area contributed by atoms with Gasteiger partial charge in [0.15, 0.2) is 5.65 Å². The molecule has 1 unspecified atom stereocenters. The summed E-state index contributed by atoms with van der Waals surface area (Å²) < 4.78 is 2.17. The van der Waals surface area contributed by atoms with Crippen LogP contribution >= 0.6 is 35.0 Å². The van der Waals surface area contributed by atoms with Gasteiger partial charge in [0, 0.05) is 30.3 Å². The van der Waals surface area contributed by atoms with Gasteiger partial charge >= 0.3 is 0 Å². The Balaban J connectivity index is 2.54. The molecule has 0 bridgehead atoms. The van der Waals surface area contributed by atoms with Crippen LogP contribution in [0, 0.1) is 0 Å². The van der Waals surface area contributed by atoms with Gasteiger partial charge in [-0.15, -0.1) is 11.6 Å². The largest absolute Gasteiger partial charge is 0.309 e. The minimum atomic E-state index is 0.344. The Hall–Kier alpha value is -0.450. The van der Waals surface area contributed by atoms with Crippen molar-refractivity contribution in [1.29, 1.82) is 0 Å². The van der Waals surface area contributed by atoms with Crippen molar-refractivity contribution in [3.8, 4) is 0 Å². The highest BCUT2D eigenvalue weighted by atomic mass is 35.5. The molecule has 1 atom stereocenters. The third-order valence-electron chi connectivity index (χ3n) is 2.74.